The second-order valence-corrected chi connectivity index (χ2v) is 4.69. The minimum atomic E-state index is -0.319. The van der Waals surface area contributed by atoms with Crippen LogP contribution in [0.4, 0.5) is 4.39 Å². The summed E-state index contributed by atoms with van der Waals surface area (Å²) in [6.07, 6.45) is 1.65. The fourth-order valence-corrected chi connectivity index (χ4v) is 1.95. The second kappa shape index (κ2) is 4.55. The maximum atomic E-state index is 13.2. The van der Waals surface area contributed by atoms with E-state index in [1.165, 1.54) is 18.2 Å². The van der Waals surface area contributed by atoms with Crippen LogP contribution in [0.5, 0.6) is 0 Å². The van der Waals surface area contributed by atoms with Gasteiger partial charge in [0, 0.05) is 18.7 Å². The topological polar surface area (TPSA) is 59.8 Å². The second-order valence-electron chi connectivity index (χ2n) is 4.69. The van der Waals surface area contributed by atoms with Crippen molar-refractivity contribution in [2.75, 3.05) is 13.1 Å². The highest BCUT2D eigenvalue weighted by Gasteiger charge is 2.22. The molecule has 0 radical (unpaired) electrons. The van der Waals surface area contributed by atoms with E-state index < -0.39 is 0 Å². The van der Waals surface area contributed by atoms with Crippen LogP contribution in [0.1, 0.15) is 27.7 Å². The third-order valence-corrected chi connectivity index (χ3v) is 3.30. The molecule has 0 saturated carbocycles. The fourth-order valence-electron chi connectivity index (χ4n) is 1.95. The molecule has 0 unspecified atom stereocenters. The number of hydrogen-bond donors (Lipinski definition) is 1. The maximum absolute atomic E-state index is 13.2. The Morgan fingerprint density at radius 3 is 2.89 bits per heavy atom. The zero-order chi connectivity index (χ0) is 13.4. The Kier molecular flexibility index (Phi) is 2.87. The van der Waals surface area contributed by atoms with E-state index in [1.807, 2.05) is 0 Å². The lowest BCUT2D eigenvalue weighted by molar-refractivity contribution is 0.103. The number of aromatic nitrogens is 3. The van der Waals surface area contributed by atoms with Crippen molar-refractivity contribution in [3.05, 3.63) is 47.0 Å². The van der Waals surface area contributed by atoms with Crippen LogP contribution in [0.2, 0.25) is 0 Å². The van der Waals surface area contributed by atoms with Gasteiger partial charge in [0.15, 0.2) is 5.69 Å². The molecule has 1 aliphatic heterocycles. The predicted octanol–water partition coefficient (Wildman–Crippen LogP) is 1.10. The lowest BCUT2D eigenvalue weighted by atomic mass is 10.1. The number of hydrogen-bond acceptors (Lipinski definition) is 4. The number of nitrogens with zero attached hydrogens (tertiary/aromatic N) is 3. The molecule has 2 aromatic rings. The zero-order valence-electron chi connectivity index (χ0n) is 10.4. The molecule has 0 atom stereocenters. The van der Waals surface area contributed by atoms with Crippen molar-refractivity contribution in [1.82, 2.24) is 20.3 Å². The molecule has 1 aliphatic rings. The van der Waals surface area contributed by atoms with E-state index >= 15 is 0 Å². The van der Waals surface area contributed by atoms with E-state index in [4.69, 9.17) is 0 Å². The standard InChI is InChI=1S/C13H13FN4O/c1-8-4-9(2-3-11(8)14)13(19)12-7-18(17-16-12)10-5-15-6-10/h2-4,7,10,15H,5-6H2,1H3. The molecule has 1 fully saturated rings. The Morgan fingerprint density at radius 2 is 2.26 bits per heavy atom. The minimum Gasteiger partial charge on any atom is -0.312 e. The average Bonchev–Trinajstić information content (AvgIpc) is 2.79. The average molecular weight is 260 g/mol. The quantitative estimate of drug-likeness (QED) is 0.840. The Labute approximate surface area is 109 Å². The van der Waals surface area contributed by atoms with Gasteiger partial charge in [-0.3, -0.25) is 4.79 Å². The van der Waals surface area contributed by atoms with Gasteiger partial charge in [0.2, 0.25) is 5.78 Å². The maximum Gasteiger partial charge on any atom is 0.214 e. The highest BCUT2D eigenvalue weighted by Crippen LogP contribution is 2.15. The fraction of sp³-hybridized carbons (Fsp3) is 0.308. The lowest BCUT2D eigenvalue weighted by Crippen LogP contribution is -2.43. The summed E-state index contributed by atoms with van der Waals surface area (Å²) in [5.41, 5.74) is 1.16. The molecule has 3 rings (SSSR count). The number of nitrogens with one attached hydrogen (secondary N) is 1. The van der Waals surface area contributed by atoms with Gasteiger partial charge in [-0.1, -0.05) is 5.21 Å². The van der Waals surface area contributed by atoms with Crippen LogP contribution >= 0.6 is 0 Å². The third-order valence-electron chi connectivity index (χ3n) is 3.30. The molecule has 0 amide bonds. The van der Waals surface area contributed by atoms with Gasteiger partial charge in [-0.05, 0) is 30.7 Å². The van der Waals surface area contributed by atoms with E-state index in [9.17, 15) is 9.18 Å². The van der Waals surface area contributed by atoms with Gasteiger partial charge in [0.05, 0.1) is 12.2 Å². The van der Waals surface area contributed by atoms with Crippen LogP contribution in [-0.4, -0.2) is 33.9 Å². The van der Waals surface area contributed by atoms with Crippen molar-refractivity contribution in [2.45, 2.75) is 13.0 Å². The van der Waals surface area contributed by atoms with Crippen LogP contribution in [0.25, 0.3) is 0 Å². The molecule has 6 heteroatoms. The molecule has 98 valence electrons. The number of benzene rings is 1. The van der Waals surface area contributed by atoms with Crippen LogP contribution in [-0.2, 0) is 0 Å². The molecule has 0 spiro atoms. The number of ketones is 1. The van der Waals surface area contributed by atoms with E-state index in [1.54, 1.807) is 17.8 Å². The van der Waals surface area contributed by atoms with Gasteiger partial charge >= 0.3 is 0 Å². The summed E-state index contributed by atoms with van der Waals surface area (Å²) >= 11 is 0. The first kappa shape index (κ1) is 12.0. The first-order valence-electron chi connectivity index (χ1n) is 6.08. The summed E-state index contributed by atoms with van der Waals surface area (Å²) in [5, 5.41) is 11.0. The molecule has 1 aromatic carbocycles. The molecule has 0 aliphatic carbocycles. The minimum absolute atomic E-state index is 0.235. The Balaban J connectivity index is 1.86. The molecule has 1 N–H and O–H groups in total. The van der Waals surface area contributed by atoms with Crippen molar-refractivity contribution >= 4 is 5.78 Å². The van der Waals surface area contributed by atoms with Crippen molar-refractivity contribution in [3.8, 4) is 0 Å². The van der Waals surface area contributed by atoms with Crippen LogP contribution in [0.15, 0.2) is 24.4 Å². The van der Waals surface area contributed by atoms with Crippen molar-refractivity contribution in [3.63, 3.8) is 0 Å². The normalized spacial score (nSPS) is 15.3. The zero-order valence-corrected chi connectivity index (χ0v) is 10.4. The summed E-state index contributed by atoms with van der Waals surface area (Å²) in [6, 6.07) is 4.56. The summed E-state index contributed by atoms with van der Waals surface area (Å²) in [4.78, 5) is 12.2. The number of carbonyl (C=O) groups excluding carboxylic acids is 1. The number of rotatable bonds is 3. The lowest BCUT2D eigenvalue weighted by Gasteiger charge is -2.26. The first-order valence-corrected chi connectivity index (χ1v) is 6.08. The van der Waals surface area contributed by atoms with E-state index in [2.05, 4.69) is 15.6 Å². The SMILES string of the molecule is Cc1cc(C(=O)c2cn(C3CNC3)nn2)ccc1F. The summed E-state index contributed by atoms with van der Waals surface area (Å²) in [7, 11) is 0. The molecular formula is C13H13FN4O. The van der Waals surface area contributed by atoms with E-state index in [-0.39, 0.29) is 23.3 Å². The van der Waals surface area contributed by atoms with Gasteiger partial charge in [0.1, 0.15) is 5.82 Å². The van der Waals surface area contributed by atoms with Crippen LogP contribution in [0.3, 0.4) is 0 Å². The smallest absolute Gasteiger partial charge is 0.214 e. The molecular weight excluding hydrogens is 247 g/mol. The van der Waals surface area contributed by atoms with Crippen LogP contribution < -0.4 is 5.32 Å². The van der Waals surface area contributed by atoms with E-state index in [0.717, 1.165) is 13.1 Å². The highest BCUT2D eigenvalue weighted by molar-refractivity contribution is 6.07. The monoisotopic (exact) mass is 260 g/mol. The first-order chi connectivity index (χ1) is 9.15. The van der Waals surface area contributed by atoms with Gasteiger partial charge in [-0.15, -0.1) is 5.10 Å². The molecule has 1 saturated heterocycles. The molecule has 19 heavy (non-hydrogen) atoms. The van der Waals surface area contributed by atoms with Gasteiger partial charge in [-0.25, -0.2) is 9.07 Å². The molecule has 5 nitrogen and oxygen atoms in total. The molecule has 1 aromatic heterocycles. The predicted molar refractivity (Wildman–Crippen MR) is 66.5 cm³/mol. The number of carbonyl (C=O) groups is 1. The number of aryl methyl sites for hydroxylation is 1. The Hall–Kier alpha value is -2.08. The summed E-state index contributed by atoms with van der Waals surface area (Å²) < 4.78 is 14.9. The number of halogens is 1. The van der Waals surface area contributed by atoms with E-state index in [0.29, 0.717) is 11.1 Å². The molecule has 0 bridgehead atoms. The largest absolute Gasteiger partial charge is 0.312 e. The Bertz CT molecular complexity index is 633. The van der Waals surface area contributed by atoms with Gasteiger partial charge < -0.3 is 5.32 Å². The van der Waals surface area contributed by atoms with Gasteiger partial charge in [-0.2, -0.15) is 0 Å². The summed E-state index contributed by atoms with van der Waals surface area (Å²) in [5.74, 6) is -0.553. The molecule has 2 heterocycles. The van der Waals surface area contributed by atoms with Gasteiger partial charge in [0.25, 0.3) is 0 Å². The van der Waals surface area contributed by atoms with Crippen molar-refractivity contribution in [2.24, 2.45) is 0 Å². The van der Waals surface area contributed by atoms with Crippen LogP contribution in [0, 0.1) is 12.7 Å². The Morgan fingerprint density at radius 1 is 1.47 bits per heavy atom. The summed E-state index contributed by atoms with van der Waals surface area (Å²) in [6.45, 7) is 3.31. The van der Waals surface area contributed by atoms with Crippen molar-refractivity contribution < 1.29 is 9.18 Å². The van der Waals surface area contributed by atoms with Crippen molar-refractivity contribution in [1.29, 1.82) is 0 Å². The third kappa shape index (κ3) is 2.15. The highest BCUT2D eigenvalue weighted by atomic mass is 19.1.